The van der Waals surface area contributed by atoms with Gasteiger partial charge in [0.25, 0.3) is 5.91 Å². The SMILES string of the molecule is Cc1nc2c(OCC(N)=O)cccn2c1N(C)C(=O)CCC1CCCC1. The van der Waals surface area contributed by atoms with Crippen molar-refractivity contribution in [1.29, 1.82) is 0 Å². The number of primary amides is 1. The molecule has 140 valence electrons. The quantitative estimate of drug-likeness (QED) is 0.823. The molecule has 0 unspecified atom stereocenters. The smallest absolute Gasteiger partial charge is 0.255 e. The number of pyridine rings is 1. The summed E-state index contributed by atoms with van der Waals surface area (Å²) in [6.07, 6.45) is 8.39. The summed E-state index contributed by atoms with van der Waals surface area (Å²) in [5, 5.41) is 0. The monoisotopic (exact) mass is 358 g/mol. The van der Waals surface area contributed by atoms with Crippen molar-refractivity contribution in [2.24, 2.45) is 11.7 Å². The minimum atomic E-state index is -0.547. The van der Waals surface area contributed by atoms with Crippen LogP contribution in [-0.2, 0) is 9.59 Å². The van der Waals surface area contributed by atoms with E-state index in [0.717, 1.165) is 17.9 Å². The molecule has 7 heteroatoms. The molecule has 0 spiro atoms. The molecule has 0 radical (unpaired) electrons. The highest BCUT2D eigenvalue weighted by Crippen LogP contribution is 2.30. The van der Waals surface area contributed by atoms with Gasteiger partial charge >= 0.3 is 0 Å². The number of ether oxygens (including phenoxy) is 1. The molecule has 2 amide bonds. The Morgan fingerprint density at radius 3 is 2.81 bits per heavy atom. The first-order valence-electron chi connectivity index (χ1n) is 9.12. The van der Waals surface area contributed by atoms with Gasteiger partial charge in [0, 0.05) is 19.7 Å². The number of imidazole rings is 1. The second-order valence-electron chi connectivity index (χ2n) is 6.98. The summed E-state index contributed by atoms with van der Waals surface area (Å²) in [6.45, 7) is 1.65. The van der Waals surface area contributed by atoms with Crippen molar-refractivity contribution in [2.45, 2.75) is 45.4 Å². The maximum Gasteiger partial charge on any atom is 0.255 e. The lowest BCUT2D eigenvalue weighted by molar-refractivity contribution is -0.120. The molecular formula is C19H26N4O3. The highest BCUT2D eigenvalue weighted by atomic mass is 16.5. The fourth-order valence-electron chi connectivity index (χ4n) is 3.72. The predicted octanol–water partition coefficient (Wildman–Crippen LogP) is 2.44. The molecule has 2 aromatic rings. The number of carbonyl (C=O) groups is 2. The van der Waals surface area contributed by atoms with Crippen molar-refractivity contribution in [3.8, 4) is 5.75 Å². The molecule has 1 aliphatic carbocycles. The summed E-state index contributed by atoms with van der Waals surface area (Å²) in [5.74, 6) is 1.41. The summed E-state index contributed by atoms with van der Waals surface area (Å²) in [7, 11) is 1.78. The molecule has 2 heterocycles. The number of anilines is 1. The van der Waals surface area contributed by atoms with E-state index in [1.165, 1.54) is 25.7 Å². The Kier molecular flexibility index (Phi) is 5.44. The van der Waals surface area contributed by atoms with Gasteiger partial charge in [-0.3, -0.25) is 18.9 Å². The van der Waals surface area contributed by atoms with E-state index in [1.807, 2.05) is 17.5 Å². The van der Waals surface area contributed by atoms with Crippen LogP contribution in [0.1, 0.15) is 44.2 Å². The first kappa shape index (κ1) is 18.2. The number of amides is 2. The number of nitrogens with zero attached hydrogens (tertiary/aromatic N) is 3. The minimum absolute atomic E-state index is 0.0882. The van der Waals surface area contributed by atoms with Crippen molar-refractivity contribution < 1.29 is 14.3 Å². The lowest BCUT2D eigenvalue weighted by Gasteiger charge is -2.19. The molecule has 0 saturated heterocycles. The molecule has 0 aliphatic heterocycles. The summed E-state index contributed by atoms with van der Waals surface area (Å²) < 4.78 is 7.26. The fourth-order valence-corrected chi connectivity index (χ4v) is 3.72. The predicted molar refractivity (Wildman–Crippen MR) is 99.2 cm³/mol. The minimum Gasteiger partial charge on any atom is -0.480 e. The van der Waals surface area contributed by atoms with Crippen molar-refractivity contribution >= 4 is 23.3 Å². The van der Waals surface area contributed by atoms with Gasteiger partial charge in [0.15, 0.2) is 18.0 Å². The largest absolute Gasteiger partial charge is 0.480 e. The molecule has 7 nitrogen and oxygen atoms in total. The third-order valence-electron chi connectivity index (χ3n) is 5.06. The van der Waals surface area contributed by atoms with E-state index in [-0.39, 0.29) is 12.5 Å². The molecule has 0 aromatic carbocycles. The van der Waals surface area contributed by atoms with Gasteiger partial charge in [-0.25, -0.2) is 4.98 Å². The number of aromatic nitrogens is 2. The number of hydrogen-bond donors (Lipinski definition) is 1. The van der Waals surface area contributed by atoms with Crippen LogP contribution in [0.25, 0.3) is 5.65 Å². The topological polar surface area (TPSA) is 89.9 Å². The standard InChI is InChI=1S/C19H26N4O3/c1-13-19(22(2)17(25)10-9-14-6-3-4-7-14)23-11-5-8-15(18(23)21-13)26-12-16(20)24/h5,8,11,14H,3-4,6-7,9-10,12H2,1-2H3,(H2,20,24). The third-order valence-corrected chi connectivity index (χ3v) is 5.06. The number of fused-ring (bicyclic) bond motifs is 1. The molecule has 2 aromatic heterocycles. The zero-order valence-electron chi connectivity index (χ0n) is 15.4. The Bertz CT molecular complexity index is 808. The Morgan fingerprint density at radius 2 is 2.12 bits per heavy atom. The molecule has 0 bridgehead atoms. The third kappa shape index (κ3) is 3.81. The normalized spacial score (nSPS) is 14.7. The summed E-state index contributed by atoms with van der Waals surface area (Å²) in [4.78, 5) is 29.9. The fraction of sp³-hybridized carbons (Fsp3) is 0.526. The zero-order chi connectivity index (χ0) is 18.7. The van der Waals surface area contributed by atoms with Gasteiger partial charge < -0.3 is 10.5 Å². The molecule has 0 atom stereocenters. The summed E-state index contributed by atoms with van der Waals surface area (Å²) in [5.41, 5.74) is 6.45. The number of hydrogen-bond acceptors (Lipinski definition) is 4. The lowest BCUT2D eigenvalue weighted by atomic mass is 10.0. The van der Waals surface area contributed by atoms with Crippen LogP contribution >= 0.6 is 0 Å². The molecule has 1 aliphatic rings. The van der Waals surface area contributed by atoms with Gasteiger partial charge in [0.2, 0.25) is 5.91 Å². The number of nitrogens with two attached hydrogens (primary N) is 1. The van der Waals surface area contributed by atoms with Crippen LogP contribution in [0.4, 0.5) is 5.82 Å². The highest BCUT2D eigenvalue weighted by molar-refractivity contribution is 5.93. The van der Waals surface area contributed by atoms with Crippen molar-refractivity contribution in [3.05, 3.63) is 24.0 Å². The van der Waals surface area contributed by atoms with E-state index in [2.05, 4.69) is 4.98 Å². The van der Waals surface area contributed by atoms with Crippen molar-refractivity contribution in [2.75, 3.05) is 18.6 Å². The van der Waals surface area contributed by atoms with E-state index in [9.17, 15) is 9.59 Å². The second-order valence-corrected chi connectivity index (χ2v) is 6.98. The Morgan fingerprint density at radius 1 is 1.38 bits per heavy atom. The van der Waals surface area contributed by atoms with Gasteiger partial charge in [-0.2, -0.15) is 0 Å². The van der Waals surface area contributed by atoms with Gasteiger partial charge in [-0.1, -0.05) is 25.7 Å². The van der Waals surface area contributed by atoms with E-state index in [0.29, 0.717) is 23.7 Å². The molecular weight excluding hydrogens is 332 g/mol. The maximum atomic E-state index is 12.7. The summed E-state index contributed by atoms with van der Waals surface area (Å²) in [6, 6.07) is 3.53. The van der Waals surface area contributed by atoms with Crippen LogP contribution in [0.2, 0.25) is 0 Å². The maximum absolute atomic E-state index is 12.7. The Hall–Kier alpha value is -2.57. The summed E-state index contributed by atoms with van der Waals surface area (Å²) >= 11 is 0. The van der Waals surface area contributed by atoms with Gasteiger partial charge in [-0.15, -0.1) is 0 Å². The Labute approximate surface area is 153 Å². The van der Waals surface area contributed by atoms with Crippen molar-refractivity contribution in [3.63, 3.8) is 0 Å². The van der Waals surface area contributed by atoms with Crippen LogP contribution in [0, 0.1) is 12.8 Å². The van der Waals surface area contributed by atoms with Gasteiger partial charge in [0.1, 0.15) is 5.82 Å². The Balaban J connectivity index is 1.79. The second kappa shape index (κ2) is 7.76. The van der Waals surface area contributed by atoms with Crippen molar-refractivity contribution in [1.82, 2.24) is 9.38 Å². The zero-order valence-corrected chi connectivity index (χ0v) is 15.4. The average Bonchev–Trinajstić information content (AvgIpc) is 3.24. The van der Waals surface area contributed by atoms with Gasteiger partial charge in [0.05, 0.1) is 5.69 Å². The van der Waals surface area contributed by atoms with Crippen LogP contribution < -0.4 is 15.4 Å². The van der Waals surface area contributed by atoms with Crippen LogP contribution in [0.15, 0.2) is 18.3 Å². The van der Waals surface area contributed by atoms with Gasteiger partial charge in [-0.05, 0) is 31.4 Å². The molecule has 2 N–H and O–H groups in total. The van der Waals surface area contributed by atoms with E-state index < -0.39 is 5.91 Å². The molecule has 1 fully saturated rings. The first-order chi connectivity index (χ1) is 12.5. The van der Waals surface area contributed by atoms with E-state index in [4.69, 9.17) is 10.5 Å². The molecule has 1 saturated carbocycles. The number of carbonyl (C=O) groups excluding carboxylic acids is 2. The number of aryl methyl sites for hydroxylation is 1. The lowest BCUT2D eigenvalue weighted by Crippen LogP contribution is -2.28. The van der Waals surface area contributed by atoms with Crippen LogP contribution in [-0.4, -0.2) is 34.9 Å². The van der Waals surface area contributed by atoms with E-state index in [1.54, 1.807) is 24.1 Å². The van der Waals surface area contributed by atoms with Crippen LogP contribution in [0.3, 0.4) is 0 Å². The van der Waals surface area contributed by atoms with E-state index >= 15 is 0 Å². The first-order valence-corrected chi connectivity index (χ1v) is 9.12. The van der Waals surface area contributed by atoms with Crippen LogP contribution in [0.5, 0.6) is 5.75 Å². The average molecular weight is 358 g/mol. The molecule has 26 heavy (non-hydrogen) atoms. The highest BCUT2D eigenvalue weighted by Gasteiger charge is 2.22. The number of rotatable bonds is 7. The molecule has 3 rings (SSSR count).